The molecule has 1 aromatic rings. The highest BCUT2D eigenvalue weighted by Crippen LogP contribution is 2.15. The van der Waals surface area contributed by atoms with Gasteiger partial charge in [0.05, 0.1) is 13.7 Å². The molecule has 1 aliphatic rings. The Morgan fingerprint density at radius 2 is 1.93 bits per heavy atom. The molecule has 1 saturated heterocycles. The van der Waals surface area contributed by atoms with Crippen LogP contribution in [0.25, 0.3) is 0 Å². The Balaban J connectivity index is 1.74. The van der Waals surface area contributed by atoms with E-state index >= 15 is 0 Å². The van der Waals surface area contributed by atoms with Crippen molar-refractivity contribution in [3.05, 3.63) is 29.8 Å². The Morgan fingerprint density at radius 3 is 2.59 bits per heavy atom. The number of piperazine rings is 1. The van der Waals surface area contributed by atoms with Gasteiger partial charge in [-0.15, -0.1) is 0 Å². The number of unbranched alkanes of at least 4 members (excludes halogenated alkanes) is 2. The molecule has 1 aromatic carbocycles. The number of benzene rings is 1. The van der Waals surface area contributed by atoms with E-state index in [1.807, 2.05) is 23.1 Å². The molecule has 0 radical (unpaired) electrons. The minimum atomic E-state index is 0.0162. The van der Waals surface area contributed by atoms with E-state index in [-0.39, 0.29) is 17.9 Å². The lowest BCUT2D eigenvalue weighted by atomic mass is 10.1. The van der Waals surface area contributed by atoms with E-state index in [4.69, 9.17) is 4.74 Å². The number of rotatable bonds is 9. The highest BCUT2D eigenvalue weighted by Gasteiger charge is 2.23. The zero-order valence-electron chi connectivity index (χ0n) is 16.9. The lowest BCUT2D eigenvalue weighted by Crippen LogP contribution is -2.51. The lowest BCUT2D eigenvalue weighted by molar-refractivity contribution is -0.123. The van der Waals surface area contributed by atoms with E-state index in [0.717, 1.165) is 12.8 Å². The van der Waals surface area contributed by atoms with Gasteiger partial charge in [-0.3, -0.25) is 14.5 Å². The molecular formula is C21H33N3O3. The first-order chi connectivity index (χ1) is 13.0. The van der Waals surface area contributed by atoms with E-state index in [9.17, 15) is 9.59 Å². The van der Waals surface area contributed by atoms with E-state index in [2.05, 4.69) is 24.1 Å². The molecule has 0 bridgehead atoms. The summed E-state index contributed by atoms with van der Waals surface area (Å²) in [5.41, 5.74) is 0.640. The summed E-state index contributed by atoms with van der Waals surface area (Å²) in [7, 11) is 1.60. The molecule has 1 unspecified atom stereocenters. The third-order valence-corrected chi connectivity index (χ3v) is 4.99. The second-order valence-corrected chi connectivity index (χ2v) is 7.26. The topological polar surface area (TPSA) is 61.9 Å². The van der Waals surface area contributed by atoms with Crippen molar-refractivity contribution >= 4 is 11.8 Å². The zero-order chi connectivity index (χ0) is 19.6. The van der Waals surface area contributed by atoms with Crippen LogP contribution in [0, 0.1) is 0 Å². The minimum absolute atomic E-state index is 0.0162. The Morgan fingerprint density at radius 1 is 1.19 bits per heavy atom. The quantitative estimate of drug-likeness (QED) is 0.674. The summed E-state index contributed by atoms with van der Waals surface area (Å²) in [6.45, 7) is 7.35. The number of hydrogen-bond acceptors (Lipinski definition) is 4. The van der Waals surface area contributed by atoms with Crippen LogP contribution in [0.2, 0.25) is 0 Å². The van der Waals surface area contributed by atoms with Crippen LogP contribution >= 0.6 is 0 Å². The van der Waals surface area contributed by atoms with Gasteiger partial charge in [0.25, 0.3) is 5.91 Å². The van der Waals surface area contributed by atoms with Crippen LogP contribution in [0.15, 0.2) is 24.3 Å². The number of ether oxygens (including phenoxy) is 1. The number of nitrogens with zero attached hydrogens (tertiary/aromatic N) is 2. The first kappa shape index (κ1) is 21.2. The fourth-order valence-electron chi connectivity index (χ4n) is 3.34. The predicted octanol–water partition coefficient (Wildman–Crippen LogP) is 2.54. The van der Waals surface area contributed by atoms with Crippen molar-refractivity contribution in [3.63, 3.8) is 0 Å². The van der Waals surface area contributed by atoms with Crippen molar-refractivity contribution in [2.75, 3.05) is 39.8 Å². The van der Waals surface area contributed by atoms with Crippen LogP contribution in [-0.4, -0.2) is 67.5 Å². The molecule has 150 valence electrons. The van der Waals surface area contributed by atoms with Crippen molar-refractivity contribution in [2.24, 2.45) is 0 Å². The Labute approximate surface area is 162 Å². The molecule has 0 aromatic heterocycles. The summed E-state index contributed by atoms with van der Waals surface area (Å²) < 4.78 is 5.19. The van der Waals surface area contributed by atoms with E-state index in [0.29, 0.717) is 44.0 Å². The molecule has 0 spiro atoms. The molecule has 0 aliphatic carbocycles. The molecule has 1 aliphatic heterocycles. The highest BCUT2D eigenvalue weighted by atomic mass is 16.5. The number of hydrogen-bond donors (Lipinski definition) is 1. The lowest BCUT2D eigenvalue weighted by Gasteiger charge is -2.34. The third kappa shape index (κ3) is 6.86. The number of amides is 2. The molecule has 2 amide bonds. The van der Waals surface area contributed by atoms with E-state index in [1.54, 1.807) is 13.2 Å². The van der Waals surface area contributed by atoms with Gasteiger partial charge in [-0.2, -0.15) is 0 Å². The summed E-state index contributed by atoms with van der Waals surface area (Å²) in [4.78, 5) is 28.8. The van der Waals surface area contributed by atoms with Crippen LogP contribution < -0.4 is 10.1 Å². The first-order valence-electron chi connectivity index (χ1n) is 9.98. The van der Waals surface area contributed by atoms with Gasteiger partial charge < -0.3 is 15.0 Å². The maximum absolute atomic E-state index is 12.6. The molecule has 6 heteroatoms. The minimum Gasteiger partial charge on any atom is -0.497 e. The average molecular weight is 376 g/mol. The van der Waals surface area contributed by atoms with Crippen molar-refractivity contribution in [3.8, 4) is 5.75 Å². The van der Waals surface area contributed by atoms with Crippen LogP contribution in [0.4, 0.5) is 0 Å². The molecule has 1 atom stereocenters. The average Bonchev–Trinajstić information content (AvgIpc) is 2.68. The zero-order valence-corrected chi connectivity index (χ0v) is 16.9. The monoisotopic (exact) mass is 375 g/mol. The summed E-state index contributed by atoms with van der Waals surface area (Å²) in [5.74, 6) is 0.776. The second kappa shape index (κ2) is 10.9. The summed E-state index contributed by atoms with van der Waals surface area (Å²) in [6, 6.07) is 7.46. The van der Waals surface area contributed by atoms with Crippen molar-refractivity contribution in [1.82, 2.24) is 15.1 Å². The molecule has 1 fully saturated rings. The maximum Gasteiger partial charge on any atom is 0.254 e. The number of nitrogens with one attached hydrogen (secondary N) is 1. The maximum atomic E-state index is 12.6. The molecule has 27 heavy (non-hydrogen) atoms. The second-order valence-electron chi connectivity index (χ2n) is 7.26. The predicted molar refractivity (Wildman–Crippen MR) is 107 cm³/mol. The number of carbonyl (C=O) groups is 2. The third-order valence-electron chi connectivity index (χ3n) is 4.99. The van der Waals surface area contributed by atoms with E-state index < -0.39 is 0 Å². The van der Waals surface area contributed by atoms with Crippen LogP contribution in [0.5, 0.6) is 5.75 Å². The Bertz CT molecular complexity index is 612. The number of methoxy groups -OCH3 is 1. The number of carbonyl (C=O) groups excluding carboxylic acids is 2. The van der Waals surface area contributed by atoms with Crippen LogP contribution in [-0.2, 0) is 4.79 Å². The van der Waals surface area contributed by atoms with Gasteiger partial charge in [0.15, 0.2) is 0 Å². The fraction of sp³-hybridized carbons (Fsp3) is 0.619. The molecule has 0 saturated carbocycles. The van der Waals surface area contributed by atoms with Gasteiger partial charge in [-0.25, -0.2) is 0 Å². The van der Waals surface area contributed by atoms with Crippen molar-refractivity contribution in [1.29, 1.82) is 0 Å². The van der Waals surface area contributed by atoms with Gasteiger partial charge in [0, 0.05) is 37.8 Å². The highest BCUT2D eigenvalue weighted by molar-refractivity contribution is 5.94. The summed E-state index contributed by atoms with van der Waals surface area (Å²) in [5, 5.41) is 3.08. The Hall–Kier alpha value is -2.08. The standard InChI is InChI=1S/C21H33N3O3/c1-4-5-6-8-17(2)22-20(25)16-23-11-13-24(14-12-23)21(26)18-9-7-10-19(15-18)27-3/h7,9-10,15,17H,4-6,8,11-14,16H2,1-3H3,(H,22,25). The normalized spacial score (nSPS) is 16.0. The Kier molecular flexibility index (Phi) is 8.58. The van der Waals surface area contributed by atoms with Crippen LogP contribution in [0.3, 0.4) is 0 Å². The van der Waals surface area contributed by atoms with Gasteiger partial charge in [0.2, 0.25) is 5.91 Å². The van der Waals surface area contributed by atoms with E-state index in [1.165, 1.54) is 12.8 Å². The van der Waals surface area contributed by atoms with Gasteiger partial charge in [-0.05, 0) is 31.5 Å². The fourth-order valence-corrected chi connectivity index (χ4v) is 3.34. The van der Waals surface area contributed by atoms with Gasteiger partial charge in [-0.1, -0.05) is 32.3 Å². The van der Waals surface area contributed by atoms with Crippen molar-refractivity contribution in [2.45, 2.75) is 45.6 Å². The summed E-state index contributed by atoms with van der Waals surface area (Å²) >= 11 is 0. The molecule has 1 N–H and O–H groups in total. The SMILES string of the molecule is CCCCCC(C)NC(=O)CN1CCN(C(=O)c2cccc(OC)c2)CC1. The molecule has 1 heterocycles. The first-order valence-corrected chi connectivity index (χ1v) is 9.98. The largest absolute Gasteiger partial charge is 0.497 e. The molecule has 6 nitrogen and oxygen atoms in total. The summed E-state index contributed by atoms with van der Waals surface area (Å²) in [6.07, 6.45) is 4.59. The van der Waals surface area contributed by atoms with Gasteiger partial charge in [0.1, 0.15) is 5.75 Å². The smallest absolute Gasteiger partial charge is 0.254 e. The molecular weight excluding hydrogens is 342 g/mol. The van der Waals surface area contributed by atoms with Crippen molar-refractivity contribution < 1.29 is 14.3 Å². The van der Waals surface area contributed by atoms with Gasteiger partial charge >= 0.3 is 0 Å². The molecule has 2 rings (SSSR count). The van der Waals surface area contributed by atoms with Crippen LogP contribution in [0.1, 0.15) is 49.9 Å².